The van der Waals surface area contributed by atoms with Crippen LogP contribution in [0.2, 0.25) is 0 Å². The molecule has 1 N–H and O–H groups in total. The van der Waals surface area contributed by atoms with Crippen LogP contribution in [0.1, 0.15) is 6.92 Å². The average Bonchev–Trinajstić information content (AvgIpc) is 2.35. The number of aliphatic hydroxyl groups excluding tert-OH is 1. The molecule has 0 saturated heterocycles. The Morgan fingerprint density at radius 2 is 2.12 bits per heavy atom. The van der Waals surface area contributed by atoms with E-state index in [0.29, 0.717) is 6.54 Å². The monoisotopic (exact) mass is 217 g/mol. The molecule has 0 bridgehead atoms. The second-order valence-corrected chi connectivity index (χ2v) is 3.55. The van der Waals surface area contributed by atoms with E-state index in [0.717, 1.165) is 23.1 Å². The molecule has 0 atom stereocenters. The van der Waals surface area contributed by atoms with Gasteiger partial charge in [-0.15, -0.1) is 0 Å². The molecule has 0 fully saturated rings. The van der Waals surface area contributed by atoms with Crippen molar-refractivity contribution in [3.05, 3.63) is 30.5 Å². The van der Waals surface area contributed by atoms with Gasteiger partial charge in [0.05, 0.1) is 24.0 Å². The van der Waals surface area contributed by atoms with Crippen molar-refractivity contribution >= 4 is 16.6 Å². The molecule has 84 valence electrons. The van der Waals surface area contributed by atoms with Crippen LogP contribution in [0, 0.1) is 0 Å². The van der Waals surface area contributed by atoms with Gasteiger partial charge in [0.2, 0.25) is 0 Å². The maximum Gasteiger partial charge on any atom is 0.0950 e. The van der Waals surface area contributed by atoms with Crippen LogP contribution in [0.4, 0.5) is 5.69 Å². The van der Waals surface area contributed by atoms with Crippen molar-refractivity contribution in [3.63, 3.8) is 0 Å². The van der Waals surface area contributed by atoms with E-state index in [-0.39, 0.29) is 6.61 Å². The Labute approximate surface area is 94.5 Å². The second kappa shape index (κ2) is 4.90. The summed E-state index contributed by atoms with van der Waals surface area (Å²) in [5.74, 6) is 0. The summed E-state index contributed by atoms with van der Waals surface area (Å²) >= 11 is 0. The summed E-state index contributed by atoms with van der Waals surface area (Å²) in [6.45, 7) is 3.66. The Balaban J connectivity index is 2.50. The molecule has 1 aromatic carbocycles. The number of fused-ring (bicyclic) bond motifs is 1. The molecule has 0 aliphatic rings. The first-order valence-corrected chi connectivity index (χ1v) is 5.43. The van der Waals surface area contributed by atoms with Crippen molar-refractivity contribution in [1.29, 1.82) is 0 Å². The molecule has 0 unspecified atom stereocenters. The van der Waals surface area contributed by atoms with E-state index in [2.05, 4.69) is 22.0 Å². The van der Waals surface area contributed by atoms with Crippen LogP contribution < -0.4 is 4.90 Å². The smallest absolute Gasteiger partial charge is 0.0950 e. The van der Waals surface area contributed by atoms with Crippen LogP contribution in [-0.2, 0) is 0 Å². The van der Waals surface area contributed by atoms with Gasteiger partial charge in [0.15, 0.2) is 0 Å². The molecule has 2 aromatic rings. The van der Waals surface area contributed by atoms with E-state index in [1.54, 1.807) is 6.20 Å². The fourth-order valence-corrected chi connectivity index (χ4v) is 1.81. The van der Waals surface area contributed by atoms with Gasteiger partial charge in [0.1, 0.15) is 0 Å². The highest BCUT2D eigenvalue weighted by Crippen LogP contribution is 2.23. The quantitative estimate of drug-likeness (QED) is 0.842. The van der Waals surface area contributed by atoms with Gasteiger partial charge in [-0.1, -0.05) is 18.2 Å². The van der Waals surface area contributed by atoms with Crippen molar-refractivity contribution in [3.8, 4) is 0 Å². The molecule has 0 aliphatic heterocycles. The fraction of sp³-hybridized carbons (Fsp3) is 0.333. The number of anilines is 1. The predicted molar refractivity (Wildman–Crippen MR) is 64.5 cm³/mol. The zero-order valence-electron chi connectivity index (χ0n) is 9.30. The van der Waals surface area contributed by atoms with Crippen molar-refractivity contribution in [2.75, 3.05) is 24.6 Å². The first-order valence-electron chi connectivity index (χ1n) is 5.43. The van der Waals surface area contributed by atoms with Crippen LogP contribution in [0.15, 0.2) is 30.5 Å². The largest absolute Gasteiger partial charge is 0.395 e. The minimum atomic E-state index is 0.143. The van der Waals surface area contributed by atoms with Gasteiger partial charge in [-0.05, 0) is 13.0 Å². The lowest BCUT2D eigenvalue weighted by atomic mass is 10.2. The molecule has 4 nitrogen and oxygen atoms in total. The predicted octanol–water partition coefficient (Wildman–Crippen LogP) is 1.45. The summed E-state index contributed by atoms with van der Waals surface area (Å²) in [7, 11) is 0. The van der Waals surface area contributed by atoms with E-state index < -0.39 is 0 Å². The van der Waals surface area contributed by atoms with Crippen LogP contribution in [0.25, 0.3) is 10.9 Å². The highest BCUT2D eigenvalue weighted by Gasteiger charge is 2.08. The number of hydrogen-bond acceptors (Lipinski definition) is 4. The molecule has 16 heavy (non-hydrogen) atoms. The number of nitrogens with zero attached hydrogens (tertiary/aromatic N) is 3. The van der Waals surface area contributed by atoms with Gasteiger partial charge in [0.25, 0.3) is 0 Å². The van der Waals surface area contributed by atoms with Crippen LogP contribution >= 0.6 is 0 Å². The van der Waals surface area contributed by atoms with E-state index in [1.807, 2.05) is 24.3 Å². The normalized spacial score (nSPS) is 10.6. The average molecular weight is 217 g/mol. The summed E-state index contributed by atoms with van der Waals surface area (Å²) in [6.07, 6.45) is 1.75. The molecule has 0 amide bonds. The van der Waals surface area contributed by atoms with Gasteiger partial charge in [-0.2, -0.15) is 10.2 Å². The highest BCUT2D eigenvalue weighted by molar-refractivity contribution is 5.90. The number of likely N-dealkylation sites (N-methyl/N-ethyl adjacent to an activating group) is 1. The van der Waals surface area contributed by atoms with Crippen LogP contribution in [0.5, 0.6) is 0 Å². The topological polar surface area (TPSA) is 49.2 Å². The lowest BCUT2D eigenvalue weighted by molar-refractivity contribution is 0.302. The van der Waals surface area contributed by atoms with Gasteiger partial charge < -0.3 is 10.0 Å². The zero-order valence-corrected chi connectivity index (χ0v) is 9.30. The minimum absolute atomic E-state index is 0.143. The van der Waals surface area contributed by atoms with Crippen molar-refractivity contribution in [2.45, 2.75) is 6.92 Å². The lowest BCUT2D eigenvalue weighted by Gasteiger charge is -2.22. The third-order valence-corrected chi connectivity index (χ3v) is 2.62. The fourth-order valence-electron chi connectivity index (χ4n) is 1.81. The highest BCUT2D eigenvalue weighted by atomic mass is 16.3. The Kier molecular flexibility index (Phi) is 3.31. The van der Waals surface area contributed by atoms with Crippen LogP contribution in [0.3, 0.4) is 0 Å². The van der Waals surface area contributed by atoms with E-state index >= 15 is 0 Å². The molecule has 4 heteroatoms. The molecule has 0 radical (unpaired) electrons. The van der Waals surface area contributed by atoms with Gasteiger partial charge >= 0.3 is 0 Å². The molecule has 0 saturated carbocycles. The number of rotatable bonds is 4. The Morgan fingerprint density at radius 3 is 2.88 bits per heavy atom. The Morgan fingerprint density at radius 1 is 1.31 bits per heavy atom. The van der Waals surface area contributed by atoms with Crippen LogP contribution in [-0.4, -0.2) is 35.0 Å². The zero-order chi connectivity index (χ0) is 11.4. The number of hydrogen-bond donors (Lipinski definition) is 1. The maximum atomic E-state index is 9.02. The standard InChI is InChI=1S/C12H15N3O/c1-2-15(7-8-16)12-9-13-14-11-6-4-3-5-10(11)12/h3-6,9,16H,2,7-8H2,1H3. The molecule has 0 spiro atoms. The minimum Gasteiger partial charge on any atom is -0.395 e. The third kappa shape index (κ3) is 1.97. The number of aliphatic hydroxyl groups is 1. The lowest BCUT2D eigenvalue weighted by Crippen LogP contribution is -2.26. The van der Waals surface area contributed by atoms with Gasteiger partial charge in [-0.25, -0.2) is 0 Å². The first kappa shape index (κ1) is 10.8. The van der Waals surface area contributed by atoms with Crippen molar-refractivity contribution < 1.29 is 5.11 Å². The summed E-state index contributed by atoms with van der Waals surface area (Å²) in [5, 5.41) is 18.2. The number of benzene rings is 1. The van der Waals surface area contributed by atoms with Gasteiger partial charge in [0, 0.05) is 18.5 Å². The van der Waals surface area contributed by atoms with E-state index in [4.69, 9.17) is 5.11 Å². The van der Waals surface area contributed by atoms with Gasteiger partial charge in [-0.3, -0.25) is 0 Å². The van der Waals surface area contributed by atoms with E-state index in [9.17, 15) is 0 Å². The SMILES string of the molecule is CCN(CCO)c1cnnc2ccccc12. The van der Waals surface area contributed by atoms with E-state index in [1.165, 1.54) is 0 Å². The Hall–Kier alpha value is -1.68. The van der Waals surface area contributed by atoms with Crippen molar-refractivity contribution in [2.24, 2.45) is 0 Å². The molecule has 1 aromatic heterocycles. The molecular formula is C12H15N3O. The maximum absolute atomic E-state index is 9.02. The molecule has 2 rings (SSSR count). The number of aromatic nitrogens is 2. The Bertz CT molecular complexity index is 467. The summed E-state index contributed by atoms with van der Waals surface area (Å²) < 4.78 is 0. The summed E-state index contributed by atoms with van der Waals surface area (Å²) in [4.78, 5) is 2.09. The first-order chi connectivity index (χ1) is 7.86. The molecule has 0 aliphatic carbocycles. The summed E-state index contributed by atoms with van der Waals surface area (Å²) in [5.41, 5.74) is 1.92. The molecule has 1 heterocycles. The second-order valence-electron chi connectivity index (χ2n) is 3.55. The third-order valence-electron chi connectivity index (χ3n) is 2.62. The van der Waals surface area contributed by atoms with Crippen molar-refractivity contribution in [1.82, 2.24) is 10.2 Å². The summed E-state index contributed by atoms with van der Waals surface area (Å²) in [6, 6.07) is 7.90. The molecular weight excluding hydrogens is 202 g/mol.